The maximum Gasteiger partial charge on any atom is 0.344 e. The van der Waals surface area contributed by atoms with Gasteiger partial charge in [0, 0.05) is 12.3 Å². The molecule has 2 aromatic rings. The van der Waals surface area contributed by atoms with Crippen LogP contribution in [-0.2, 0) is 23.6 Å². The van der Waals surface area contributed by atoms with E-state index < -0.39 is 50.1 Å². The molecule has 0 radical (unpaired) electrons. The van der Waals surface area contributed by atoms with Crippen LogP contribution in [0.3, 0.4) is 0 Å². The summed E-state index contributed by atoms with van der Waals surface area (Å²) in [6, 6.07) is 9.16. The molecular weight excluding hydrogens is 469 g/mol. The summed E-state index contributed by atoms with van der Waals surface area (Å²) in [7, 11) is -1.84. The number of aromatic nitrogens is 2. The zero-order valence-electron chi connectivity index (χ0n) is 18.6. The number of para-hydroxylation sites is 1. The van der Waals surface area contributed by atoms with Gasteiger partial charge in [-0.05, 0) is 38.8 Å². The number of aliphatic carboxylic acids is 1. The van der Waals surface area contributed by atoms with Gasteiger partial charge in [0.05, 0.1) is 12.7 Å². The monoisotopic (exact) mass is 495 g/mol. The Kier molecular flexibility index (Phi) is 8.94. The molecule has 1 saturated heterocycles. The molecule has 1 aromatic carbocycles. The number of carbonyl (C=O) groups is 2. The van der Waals surface area contributed by atoms with Crippen LogP contribution in [0.2, 0.25) is 0 Å². The van der Waals surface area contributed by atoms with Crippen molar-refractivity contribution in [2.45, 2.75) is 51.2 Å². The van der Waals surface area contributed by atoms with Crippen LogP contribution in [0.25, 0.3) is 0 Å². The highest BCUT2D eigenvalue weighted by atomic mass is 31.2. The van der Waals surface area contributed by atoms with Crippen LogP contribution in [0, 0.1) is 0 Å². The number of esters is 1. The minimum atomic E-state index is -1.84. The summed E-state index contributed by atoms with van der Waals surface area (Å²) < 4.78 is 23.8. The molecule has 2 heterocycles. The Morgan fingerprint density at radius 2 is 1.97 bits per heavy atom. The number of carbonyl (C=O) groups excluding carboxylic acids is 1. The quantitative estimate of drug-likeness (QED) is 0.308. The Morgan fingerprint density at radius 1 is 1.24 bits per heavy atom. The first-order valence-electron chi connectivity index (χ1n) is 10.6. The largest absolute Gasteiger partial charge is 0.479 e. The molecule has 5 atom stereocenters. The molecule has 0 spiro atoms. The van der Waals surface area contributed by atoms with E-state index in [4.69, 9.17) is 23.6 Å². The smallest absolute Gasteiger partial charge is 0.344 e. The van der Waals surface area contributed by atoms with Crippen LogP contribution in [0.1, 0.15) is 32.9 Å². The lowest BCUT2D eigenvalue weighted by molar-refractivity contribution is -0.163. The topological polar surface area (TPSA) is 158 Å². The van der Waals surface area contributed by atoms with Crippen molar-refractivity contribution in [2.24, 2.45) is 0 Å². The van der Waals surface area contributed by atoms with E-state index >= 15 is 0 Å². The summed E-state index contributed by atoms with van der Waals surface area (Å²) in [5.41, 5.74) is -1.04. The van der Waals surface area contributed by atoms with Gasteiger partial charge in [0.25, 0.3) is 5.56 Å². The third kappa shape index (κ3) is 7.22. The Morgan fingerprint density at radius 3 is 2.65 bits per heavy atom. The van der Waals surface area contributed by atoms with Crippen LogP contribution < -0.4 is 20.9 Å². The second-order valence-electron chi connectivity index (χ2n) is 7.53. The first-order valence-corrected chi connectivity index (χ1v) is 11.7. The highest BCUT2D eigenvalue weighted by molar-refractivity contribution is 7.45. The van der Waals surface area contributed by atoms with Crippen molar-refractivity contribution in [3.8, 4) is 5.75 Å². The van der Waals surface area contributed by atoms with Crippen molar-refractivity contribution < 1.29 is 33.2 Å². The molecule has 3 rings (SSSR count). The number of nitrogens with zero attached hydrogens (tertiary/aromatic N) is 1. The van der Waals surface area contributed by atoms with Gasteiger partial charge >= 0.3 is 26.2 Å². The van der Waals surface area contributed by atoms with Crippen LogP contribution in [0.5, 0.6) is 5.75 Å². The summed E-state index contributed by atoms with van der Waals surface area (Å²) in [6.45, 7) is 2.87. The van der Waals surface area contributed by atoms with E-state index in [2.05, 4.69) is 10.1 Å². The van der Waals surface area contributed by atoms with E-state index in [1.165, 1.54) is 30.7 Å². The fraction of sp³-hybridized carbons (Fsp3) is 0.429. The number of rotatable bonds is 11. The maximum atomic E-state index is 12.2. The normalized spacial score (nSPS) is 20.3. The average molecular weight is 495 g/mol. The van der Waals surface area contributed by atoms with Gasteiger partial charge in [0.1, 0.15) is 18.0 Å². The third-order valence-electron chi connectivity index (χ3n) is 4.85. The van der Waals surface area contributed by atoms with Gasteiger partial charge in [-0.25, -0.2) is 14.7 Å². The summed E-state index contributed by atoms with van der Waals surface area (Å²) in [5, 5.41) is 11.8. The molecule has 1 fully saturated rings. The van der Waals surface area contributed by atoms with Gasteiger partial charge < -0.3 is 23.6 Å². The standard InChI is InChI=1S/C21H26N3O9P/c1-13(20(28)31-14(2)19(26)27)23-34(33-15-6-4-3-5-7-15)30-12-16-8-9-18(32-16)24-11-10-17(25)22-21(24)29/h3-7,10-11,13-14,16,18,23H,8-9,12H2,1-2H3,(H,26,27)(H,22,25,29)/t13-,14?,16?,18?,34?/m0/s1. The van der Waals surface area contributed by atoms with Crippen LogP contribution in [0.4, 0.5) is 0 Å². The van der Waals surface area contributed by atoms with Gasteiger partial charge in [0.15, 0.2) is 6.10 Å². The summed E-state index contributed by atoms with van der Waals surface area (Å²) in [5.74, 6) is -1.52. The Hall–Kier alpha value is -3.05. The number of benzene rings is 1. The highest BCUT2D eigenvalue weighted by Crippen LogP contribution is 2.38. The fourth-order valence-corrected chi connectivity index (χ4v) is 4.24. The number of nitrogens with one attached hydrogen (secondary N) is 2. The molecule has 1 aromatic heterocycles. The molecule has 0 aliphatic carbocycles. The van der Waals surface area contributed by atoms with Crippen molar-refractivity contribution in [1.82, 2.24) is 14.6 Å². The molecule has 0 bridgehead atoms. The molecule has 1 aliphatic heterocycles. The SMILES string of the molecule is CC(OC(=O)[C@H](C)NP(OCC1CCC(n2ccc(=O)[nH]c2=O)O1)Oc1ccccc1)C(=O)O. The van der Waals surface area contributed by atoms with E-state index in [0.717, 1.165) is 0 Å². The first-order chi connectivity index (χ1) is 16.2. The lowest BCUT2D eigenvalue weighted by Crippen LogP contribution is -2.37. The predicted molar refractivity (Wildman–Crippen MR) is 120 cm³/mol. The first kappa shape index (κ1) is 25.6. The molecule has 4 unspecified atom stereocenters. The number of hydrogen-bond donors (Lipinski definition) is 3. The highest BCUT2D eigenvalue weighted by Gasteiger charge is 2.30. The van der Waals surface area contributed by atoms with Crippen molar-refractivity contribution in [1.29, 1.82) is 0 Å². The van der Waals surface area contributed by atoms with E-state index in [1.807, 2.05) is 6.07 Å². The number of aromatic amines is 1. The number of hydrogen-bond acceptors (Lipinski definition) is 9. The average Bonchev–Trinajstić information content (AvgIpc) is 3.26. The van der Waals surface area contributed by atoms with Crippen LogP contribution in [-0.4, -0.2) is 51.5 Å². The van der Waals surface area contributed by atoms with Gasteiger partial charge in [-0.2, -0.15) is 0 Å². The minimum absolute atomic E-state index is 0.105. The minimum Gasteiger partial charge on any atom is -0.479 e. The lowest BCUT2D eigenvalue weighted by Gasteiger charge is -2.23. The second kappa shape index (κ2) is 11.9. The molecule has 1 aliphatic rings. The molecule has 0 amide bonds. The molecule has 13 heteroatoms. The number of carboxylic acids is 1. The maximum absolute atomic E-state index is 12.2. The Balaban J connectivity index is 1.60. The summed E-state index contributed by atoms with van der Waals surface area (Å²) in [6.07, 6.45) is 0.328. The third-order valence-corrected chi connectivity index (χ3v) is 6.21. The molecule has 34 heavy (non-hydrogen) atoms. The van der Waals surface area contributed by atoms with Gasteiger partial charge in [-0.3, -0.25) is 19.1 Å². The zero-order chi connectivity index (χ0) is 24.7. The number of carboxylic acid groups (broad SMARTS) is 1. The van der Waals surface area contributed by atoms with E-state index in [9.17, 15) is 19.2 Å². The van der Waals surface area contributed by atoms with Crippen molar-refractivity contribution in [3.05, 3.63) is 63.4 Å². The number of H-pyrrole nitrogens is 1. The lowest BCUT2D eigenvalue weighted by atomic mass is 10.2. The van der Waals surface area contributed by atoms with Crippen LogP contribution >= 0.6 is 8.53 Å². The fourth-order valence-electron chi connectivity index (χ4n) is 3.02. The van der Waals surface area contributed by atoms with Crippen LogP contribution in [0.15, 0.2) is 52.2 Å². The van der Waals surface area contributed by atoms with E-state index in [-0.39, 0.29) is 12.7 Å². The van der Waals surface area contributed by atoms with E-state index in [1.54, 1.807) is 24.3 Å². The predicted octanol–water partition coefficient (Wildman–Crippen LogP) is 1.53. The molecular formula is C21H26N3O9P. The molecule has 184 valence electrons. The van der Waals surface area contributed by atoms with Crippen molar-refractivity contribution in [2.75, 3.05) is 6.61 Å². The second-order valence-corrected chi connectivity index (χ2v) is 8.75. The van der Waals surface area contributed by atoms with Crippen molar-refractivity contribution in [3.63, 3.8) is 0 Å². The Bertz CT molecular complexity index is 1090. The molecule has 3 N–H and O–H groups in total. The number of ether oxygens (including phenoxy) is 2. The molecule has 12 nitrogen and oxygen atoms in total. The Labute approximate surface area is 195 Å². The van der Waals surface area contributed by atoms with Gasteiger partial charge in [-0.1, -0.05) is 18.2 Å². The van der Waals surface area contributed by atoms with Crippen molar-refractivity contribution >= 4 is 20.5 Å². The summed E-state index contributed by atoms with van der Waals surface area (Å²) >= 11 is 0. The molecule has 0 saturated carbocycles. The zero-order valence-corrected chi connectivity index (χ0v) is 19.5. The summed E-state index contributed by atoms with van der Waals surface area (Å²) in [4.78, 5) is 48.6. The van der Waals surface area contributed by atoms with Gasteiger partial charge in [-0.15, -0.1) is 0 Å². The van der Waals surface area contributed by atoms with E-state index in [0.29, 0.717) is 18.6 Å². The van der Waals surface area contributed by atoms with Gasteiger partial charge in [0.2, 0.25) is 0 Å².